The predicted molar refractivity (Wildman–Crippen MR) is 95.8 cm³/mol. The zero-order valence-electron chi connectivity index (χ0n) is 14.5. The largest absolute Gasteiger partial charge is 0.355 e. The molecule has 1 atom stereocenters. The van der Waals surface area contributed by atoms with Crippen LogP contribution in [0.2, 0.25) is 0 Å². The molecule has 0 heterocycles. The standard InChI is InChI=1S/C19H22FN3O2/c1-13(18(24)22-17-10-8-16(20)9-11-17)23(3)12-14-4-6-15(7-5-14)19(25)21-2/h4-11,13H,12H2,1-3H3,(H,21,25)(H,22,24)/t13-/m1/s1. The molecule has 0 spiro atoms. The van der Waals surface area contributed by atoms with Crippen LogP contribution >= 0.6 is 0 Å². The van der Waals surface area contributed by atoms with Crippen molar-refractivity contribution >= 4 is 17.5 Å². The summed E-state index contributed by atoms with van der Waals surface area (Å²) in [5.74, 6) is -0.647. The molecule has 0 radical (unpaired) electrons. The van der Waals surface area contributed by atoms with Crippen molar-refractivity contribution in [2.24, 2.45) is 0 Å². The Bertz CT molecular complexity index is 729. The van der Waals surface area contributed by atoms with E-state index in [1.165, 1.54) is 24.3 Å². The van der Waals surface area contributed by atoms with Gasteiger partial charge in [-0.15, -0.1) is 0 Å². The number of anilines is 1. The molecule has 25 heavy (non-hydrogen) atoms. The van der Waals surface area contributed by atoms with Crippen LogP contribution in [0.25, 0.3) is 0 Å². The fourth-order valence-corrected chi connectivity index (χ4v) is 2.31. The molecule has 2 amide bonds. The van der Waals surface area contributed by atoms with Gasteiger partial charge in [0.25, 0.3) is 5.91 Å². The predicted octanol–water partition coefficient (Wildman–Crippen LogP) is 2.64. The molecule has 2 rings (SSSR count). The molecule has 0 aromatic heterocycles. The van der Waals surface area contributed by atoms with E-state index < -0.39 is 0 Å². The fourth-order valence-electron chi connectivity index (χ4n) is 2.31. The van der Waals surface area contributed by atoms with Crippen molar-refractivity contribution in [2.75, 3.05) is 19.4 Å². The molecule has 0 aliphatic heterocycles. The van der Waals surface area contributed by atoms with Crippen molar-refractivity contribution in [3.8, 4) is 0 Å². The van der Waals surface area contributed by atoms with Crippen LogP contribution in [0.5, 0.6) is 0 Å². The molecule has 2 aromatic carbocycles. The first-order chi connectivity index (χ1) is 11.9. The van der Waals surface area contributed by atoms with Crippen LogP contribution in [0.3, 0.4) is 0 Å². The Kier molecular flexibility index (Phi) is 6.25. The molecule has 132 valence electrons. The molecule has 0 aliphatic rings. The lowest BCUT2D eigenvalue weighted by atomic mass is 10.1. The lowest BCUT2D eigenvalue weighted by molar-refractivity contribution is -0.120. The van der Waals surface area contributed by atoms with Gasteiger partial charge in [-0.25, -0.2) is 4.39 Å². The van der Waals surface area contributed by atoms with Gasteiger partial charge < -0.3 is 10.6 Å². The average molecular weight is 343 g/mol. The zero-order chi connectivity index (χ0) is 18.4. The Morgan fingerprint density at radius 1 is 1.08 bits per heavy atom. The number of carbonyl (C=O) groups excluding carboxylic acids is 2. The molecular weight excluding hydrogens is 321 g/mol. The molecule has 0 aliphatic carbocycles. The minimum absolute atomic E-state index is 0.132. The monoisotopic (exact) mass is 343 g/mol. The molecule has 0 bridgehead atoms. The average Bonchev–Trinajstić information content (AvgIpc) is 2.62. The van der Waals surface area contributed by atoms with E-state index in [0.717, 1.165) is 5.56 Å². The van der Waals surface area contributed by atoms with E-state index in [1.807, 2.05) is 24.1 Å². The zero-order valence-corrected chi connectivity index (χ0v) is 14.5. The first-order valence-electron chi connectivity index (χ1n) is 7.98. The van der Waals surface area contributed by atoms with E-state index in [-0.39, 0.29) is 23.7 Å². The third-order valence-corrected chi connectivity index (χ3v) is 4.03. The molecule has 0 saturated heterocycles. The maximum absolute atomic E-state index is 12.9. The van der Waals surface area contributed by atoms with Gasteiger partial charge in [-0.2, -0.15) is 0 Å². The van der Waals surface area contributed by atoms with Gasteiger partial charge in [-0.3, -0.25) is 14.5 Å². The summed E-state index contributed by atoms with van der Waals surface area (Å²) in [6.45, 7) is 2.36. The maximum atomic E-state index is 12.9. The quantitative estimate of drug-likeness (QED) is 0.848. The molecule has 0 unspecified atom stereocenters. The Morgan fingerprint density at radius 2 is 1.68 bits per heavy atom. The van der Waals surface area contributed by atoms with Crippen LogP contribution < -0.4 is 10.6 Å². The van der Waals surface area contributed by atoms with Crippen molar-refractivity contribution in [1.82, 2.24) is 10.2 Å². The van der Waals surface area contributed by atoms with Crippen LogP contribution in [0.1, 0.15) is 22.8 Å². The van der Waals surface area contributed by atoms with Crippen LogP contribution in [0.15, 0.2) is 48.5 Å². The lowest BCUT2D eigenvalue weighted by Crippen LogP contribution is -2.39. The van der Waals surface area contributed by atoms with Gasteiger partial charge in [0.2, 0.25) is 5.91 Å². The second-order valence-corrected chi connectivity index (χ2v) is 5.86. The van der Waals surface area contributed by atoms with Crippen molar-refractivity contribution in [2.45, 2.75) is 19.5 Å². The van der Waals surface area contributed by atoms with Crippen molar-refractivity contribution in [3.63, 3.8) is 0 Å². The number of hydrogen-bond acceptors (Lipinski definition) is 3. The number of nitrogens with one attached hydrogen (secondary N) is 2. The minimum atomic E-state index is -0.372. The van der Waals surface area contributed by atoms with Gasteiger partial charge in [-0.05, 0) is 55.9 Å². The van der Waals surface area contributed by atoms with E-state index in [1.54, 1.807) is 26.1 Å². The minimum Gasteiger partial charge on any atom is -0.355 e. The highest BCUT2D eigenvalue weighted by molar-refractivity contribution is 5.94. The lowest BCUT2D eigenvalue weighted by Gasteiger charge is -2.24. The first kappa shape index (κ1) is 18.6. The first-order valence-corrected chi connectivity index (χ1v) is 7.98. The Labute approximate surface area is 146 Å². The third kappa shape index (κ3) is 5.12. The molecule has 2 aromatic rings. The van der Waals surface area contributed by atoms with E-state index in [2.05, 4.69) is 10.6 Å². The Morgan fingerprint density at radius 3 is 2.24 bits per heavy atom. The van der Waals surface area contributed by atoms with Crippen LogP contribution in [-0.4, -0.2) is 36.9 Å². The molecule has 2 N–H and O–H groups in total. The summed E-state index contributed by atoms with van der Waals surface area (Å²) < 4.78 is 12.9. The summed E-state index contributed by atoms with van der Waals surface area (Å²) in [5, 5.41) is 5.34. The van der Waals surface area contributed by atoms with E-state index >= 15 is 0 Å². The highest BCUT2D eigenvalue weighted by Crippen LogP contribution is 2.12. The number of hydrogen-bond donors (Lipinski definition) is 2. The van der Waals surface area contributed by atoms with E-state index in [4.69, 9.17) is 0 Å². The molecule has 0 fully saturated rings. The number of carbonyl (C=O) groups is 2. The SMILES string of the molecule is CNC(=O)c1ccc(CN(C)[C@H](C)C(=O)Nc2ccc(F)cc2)cc1. The summed E-state index contributed by atoms with van der Waals surface area (Å²) in [4.78, 5) is 25.7. The van der Waals surface area contributed by atoms with Gasteiger partial charge in [0.15, 0.2) is 0 Å². The summed E-state index contributed by atoms with van der Waals surface area (Å²) in [7, 11) is 3.44. The maximum Gasteiger partial charge on any atom is 0.251 e. The summed E-state index contributed by atoms with van der Waals surface area (Å²) in [6.07, 6.45) is 0. The van der Waals surface area contributed by atoms with Gasteiger partial charge in [-0.1, -0.05) is 12.1 Å². The fraction of sp³-hybridized carbons (Fsp3) is 0.263. The highest BCUT2D eigenvalue weighted by Gasteiger charge is 2.18. The van der Waals surface area contributed by atoms with E-state index in [0.29, 0.717) is 17.8 Å². The Balaban J connectivity index is 1.94. The third-order valence-electron chi connectivity index (χ3n) is 4.03. The number of benzene rings is 2. The van der Waals surface area contributed by atoms with Gasteiger partial charge in [0.05, 0.1) is 6.04 Å². The van der Waals surface area contributed by atoms with Crippen molar-refractivity contribution in [3.05, 3.63) is 65.5 Å². The number of rotatable bonds is 6. The molecular formula is C19H22FN3O2. The summed E-state index contributed by atoms with van der Waals surface area (Å²) in [5.41, 5.74) is 2.15. The van der Waals surface area contributed by atoms with Crippen LogP contribution in [0, 0.1) is 5.82 Å². The second kappa shape index (κ2) is 8.39. The smallest absolute Gasteiger partial charge is 0.251 e. The molecule has 5 nitrogen and oxygen atoms in total. The molecule has 0 saturated carbocycles. The number of halogens is 1. The second-order valence-electron chi connectivity index (χ2n) is 5.86. The van der Waals surface area contributed by atoms with Gasteiger partial charge in [0.1, 0.15) is 5.82 Å². The van der Waals surface area contributed by atoms with Crippen LogP contribution in [-0.2, 0) is 11.3 Å². The topological polar surface area (TPSA) is 61.4 Å². The highest BCUT2D eigenvalue weighted by atomic mass is 19.1. The normalized spacial score (nSPS) is 11.9. The number of nitrogens with zero attached hydrogens (tertiary/aromatic N) is 1. The summed E-state index contributed by atoms with van der Waals surface area (Å²) >= 11 is 0. The number of amides is 2. The van der Waals surface area contributed by atoms with E-state index in [9.17, 15) is 14.0 Å². The Hall–Kier alpha value is -2.73. The van der Waals surface area contributed by atoms with Crippen molar-refractivity contribution < 1.29 is 14.0 Å². The van der Waals surface area contributed by atoms with Gasteiger partial charge in [0, 0.05) is 24.8 Å². The van der Waals surface area contributed by atoms with Crippen molar-refractivity contribution in [1.29, 1.82) is 0 Å². The summed E-state index contributed by atoms with van der Waals surface area (Å²) in [6, 6.07) is 12.5. The number of likely N-dealkylation sites (N-methyl/N-ethyl adjacent to an activating group) is 1. The van der Waals surface area contributed by atoms with Crippen LogP contribution in [0.4, 0.5) is 10.1 Å². The van der Waals surface area contributed by atoms with Gasteiger partial charge >= 0.3 is 0 Å². The molecule has 6 heteroatoms.